The summed E-state index contributed by atoms with van der Waals surface area (Å²) in [6.07, 6.45) is -4.11. The molecule has 1 aliphatic carbocycles. The monoisotopic (exact) mass is 432 g/mol. The Morgan fingerprint density at radius 1 is 0.871 bits per heavy atom. The van der Waals surface area contributed by atoms with E-state index in [1.54, 1.807) is 12.1 Å². The van der Waals surface area contributed by atoms with Crippen LogP contribution in [0.25, 0.3) is 0 Å². The van der Waals surface area contributed by atoms with E-state index in [1.807, 2.05) is 0 Å². The highest BCUT2D eigenvalue weighted by Crippen LogP contribution is 2.29. The summed E-state index contributed by atoms with van der Waals surface area (Å²) in [6, 6.07) is 6.23. The van der Waals surface area contributed by atoms with E-state index < -0.39 is 54.1 Å². The number of carbonyl (C=O) groups is 5. The van der Waals surface area contributed by atoms with Crippen molar-refractivity contribution < 1.29 is 47.7 Å². The van der Waals surface area contributed by atoms with E-state index in [1.165, 1.54) is 12.1 Å². The van der Waals surface area contributed by atoms with Gasteiger partial charge in [0.1, 0.15) is 0 Å². The molecule has 4 atom stereocenters. The maximum atomic E-state index is 12.8. The Bertz CT molecular complexity index is 963. The standard InChI is InChI=1S/C21H20O10/c1-10(22)28-17-9-27-21(20(30-12(3)24)19(17)29-11(2)23)31-16-8-15(25)13-6-4-5-7-14(13)18(16)26/h4-8,17,19-21H,9H2,1-3H3. The van der Waals surface area contributed by atoms with Crippen LogP contribution < -0.4 is 0 Å². The molecule has 2 aliphatic rings. The van der Waals surface area contributed by atoms with Crippen molar-refractivity contribution in [1.29, 1.82) is 0 Å². The van der Waals surface area contributed by atoms with Gasteiger partial charge >= 0.3 is 17.9 Å². The molecule has 0 amide bonds. The lowest BCUT2D eigenvalue weighted by molar-refractivity contribution is -0.270. The molecule has 0 spiro atoms. The van der Waals surface area contributed by atoms with Gasteiger partial charge in [-0.15, -0.1) is 0 Å². The average molecular weight is 432 g/mol. The van der Waals surface area contributed by atoms with Crippen LogP contribution in [0.1, 0.15) is 41.5 Å². The second-order valence-electron chi connectivity index (χ2n) is 6.86. The minimum Gasteiger partial charge on any atom is -0.456 e. The number of rotatable bonds is 5. The van der Waals surface area contributed by atoms with E-state index in [-0.39, 0.29) is 23.5 Å². The van der Waals surface area contributed by atoms with Gasteiger partial charge in [-0.2, -0.15) is 0 Å². The summed E-state index contributed by atoms with van der Waals surface area (Å²) in [6.45, 7) is 3.13. The first-order valence-corrected chi connectivity index (χ1v) is 9.37. The molecule has 4 unspecified atom stereocenters. The number of allylic oxidation sites excluding steroid dienone is 2. The first-order chi connectivity index (χ1) is 14.7. The van der Waals surface area contributed by atoms with Crippen LogP contribution >= 0.6 is 0 Å². The van der Waals surface area contributed by atoms with Crippen LogP contribution in [0.4, 0.5) is 0 Å². The SMILES string of the molecule is CC(=O)OC1COC(OC2=CC(=O)c3ccccc3C2=O)C(OC(C)=O)C1OC(C)=O. The summed E-state index contributed by atoms with van der Waals surface area (Å²) in [5.74, 6) is -3.48. The molecule has 3 rings (SSSR count). The fourth-order valence-electron chi connectivity index (χ4n) is 3.31. The molecule has 1 heterocycles. The molecule has 1 aliphatic heterocycles. The molecule has 1 aromatic rings. The Balaban J connectivity index is 1.89. The van der Waals surface area contributed by atoms with E-state index in [9.17, 15) is 24.0 Å². The van der Waals surface area contributed by atoms with Crippen molar-refractivity contribution in [1.82, 2.24) is 0 Å². The van der Waals surface area contributed by atoms with Crippen molar-refractivity contribution in [2.75, 3.05) is 6.61 Å². The van der Waals surface area contributed by atoms with Crippen LogP contribution in [0.15, 0.2) is 36.1 Å². The van der Waals surface area contributed by atoms with Gasteiger partial charge in [0.25, 0.3) is 0 Å². The Kier molecular flexibility index (Phi) is 6.50. The molecule has 1 aromatic carbocycles. The Hall–Kier alpha value is -3.53. The minimum absolute atomic E-state index is 0.152. The first-order valence-electron chi connectivity index (χ1n) is 9.37. The smallest absolute Gasteiger partial charge is 0.303 e. The highest BCUT2D eigenvalue weighted by atomic mass is 16.7. The van der Waals surface area contributed by atoms with E-state index >= 15 is 0 Å². The first kappa shape index (κ1) is 22.2. The van der Waals surface area contributed by atoms with Gasteiger partial charge in [0.05, 0.1) is 6.61 Å². The van der Waals surface area contributed by atoms with Crippen molar-refractivity contribution in [3.05, 3.63) is 47.2 Å². The molecule has 0 radical (unpaired) electrons. The summed E-state index contributed by atoms with van der Waals surface area (Å²) in [7, 11) is 0. The van der Waals surface area contributed by atoms with E-state index in [4.69, 9.17) is 23.7 Å². The van der Waals surface area contributed by atoms with Gasteiger partial charge in [0.2, 0.25) is 18.2 Å². The number of esters is 3. The molecule has 0 N–H and O–H groups in total. The van der Waals surface area contributed by atoms with Crippen molar-refractivity contribution in [3.8, 4) is 0 Å². The topological polar surface area (TPSA) is 132 Å². The normalized spacial score (nSPS) is 25.1. The Morgan fingerprint density at radius 3 is 2.06 bits per heavy atom. The lowest BCUT2D eigenvalue weighted by Crippen LogP contribution is -2.58. The van der Waals surface area contributed by atoms with Crippen molar-refractivity contribution in [2.24, 2.45) is 0 Å². The molecule has 10 nitrogen and oxygen atoms in total. The molecule has 1 saturated heterocycles. The van der Waals surface area contributed by atoms with Crippen molar-refractivity contribution in [3.63, 3.8) is 0 Å². The van der Waals surface area contributed by atoms with Crippen molar-refractivity contribution >= 4 is 29.5 Å². The summed E-state index contributed by atoms with van der Waals surface area (Å²) in [5, 5.41) is 0. The average Bonchev–Trinajstić information content (AvgIpc) is 2.69. The maximum Gasteiger partial charge on any atom is 0.303 e. The molecule has 0 aromatic heterocycles. The van der Waals surface area contributed by atoms with Gasteiger partial charge in [-0.1, -0.05) is 24.3 Å². The lowest BCUT2D eigenvalue weighted by Gasteiger charge is -2.40. The second kappa shape index (κ2) is 9.09. The number of hydrogen-bond donors (Lipinski definition) is 0. The van der Waals surface area contributed by atoms with Crippen LogP contribution in [0.3, 0.4) is 0 Å². The number of carbonyl (C=O) groups excluding carboxylic acids is 5. The highest BCUT2D eigenvalue weighted by Gasteiger charge is 2.49. The summed E-state index contributed by atoms with van der Waals surface area (Å²) in [5.41, 5.74) is 0.382. The fraction of sp³-hybridized carbons (Fsp3) is 0.381. The van der Waals surface area contributed by atoms with Crippen LogP contribution in [0.2, 0.25) is 0 Å². The third-order valence-corrected chi connectivity index (χ3v) is 4.47. The van der Waals surface area contributed by atoms with Gasteiger partial charge < -0.3 is 23.7 Å². The van der Waals surface area contributed by atoms with Crippen LogP contribution in [-0.2, 0) is 38.1 Å². The predicted molar refractivity (Wildman–Crippen MR) is 101 cm³/mol. The molecular weight excluding hydrogens is 412 g/mol. The molecule has 31 heavy (non-hydrogen) atoms. The Labute approximate surface area is 177 Å². The van der Waals surface area contributed by atoms with Gasteiger partial charge in [0.15, 0.2) is 23.8 Å². The van der Waals surface area contributed by atoms with Gasteiger partial charge in [-0.05, 0) is 0 Å². The summed E-state index contributed by atoms with van der Waals surface area (Å²) in [4.78, 5) is 59.8. The van der Waals surface area contributed by atoms with E-state index in [0.717, 1.165) is 26.8 Å². The number of hydrogen-bond acceptors (Lipinski definition) is 10. The highest BCUT2D eigenvalue weighted by molar-refractivity contribution is 6.23. The lowest BCUT2D eigenvalue weighted by atomic mass is 9.93. The quantitative estimate of drug-likeness (QED) is 0.492. The number of fused-ring (bicyclic) bond motifs is 1. The molecule has 0 saturated carbocycles. The molecular formula is C21H20O10. The zero-order valence-electron chi connectivity index (χ0n) is 17.0. The third kappa shape index (κ3) is 4.97. The number of ether oxygens (including phenoxy) is 5. The molecule has 0 bridgehead atoms. The van der Waals surface area contributed by atoms with Gasteiger partial charge in [-0.25, -0.2) is 0 Å². The van der Waals surface area contributed by atoms with Crippen molar-refractivity contribution in [2.45, 2.75) is 45.4 Å². The third-order valence-electron chi connectivity index (χ3n) is 4.47. The number of Topliss-reactive ketones (excluding diaryl/α,β-unsaturated/α-hetero) is 1. The molecule has 10 heteroatoms. The van der Waals surface area contributed by atoms with Crippen LogP contribution in [0.5, 0.6) is 0 Å². The van der Waals surface area contributed by atoms with E-state index in [0.29, 0.717) is 0 Å². The summed E-state index contributed by atoms with van der Waals surface area (Å²) < 4.78 is 26.7. The zero-order chi connectivity index (χ0) is 22.7. The largest absolute Gasteiger partial charge is 0.456 e. The number of ketones is 2. The van der Waals surface area contributed by atoms with Crippen LogP contribution in [0, 0.1) is 0 Å². The Morgan fingerprint density at radius 2 is 1.45 bits per heavy atom. The molecule has 164 valence electrons. The second-order valence-corrected chi connectivity index (χ2v) is 6.86. The number of benzene rings is 1. The maximum absolute atomic E-state index is 12.8. The van der Waals surface area contributed by atoms with E-state index in [2.05, 4.69) is 0 Å². The van der Waals surface area contributed by atoms with Crippen LogP contribution in [-0.4, -0.2) is 60.7 Å². The minimum atomic E-state index is -1.41. The predicted octanol–water partition coefficient (Wildman–Crippen LogP) is 1.12. The van der Waals surface area contributed by atoms with Gasteiger partial charge in [-0.3, -0.25) is 24.0 Å². The molecule has 1 fully saturated rings. The fourth-order valence-corrected chi connectivity index (χ4v) is 3.31. The summed E-state index contributed by atoms with van der Waals surface area (Å²) >= 11 is 0. The van der Waals surface area contributed by atoms with Gasteiger partial charge in [0, 0.05) is 38.0 Å². The zero-order valence-corrected chi connectivity index (χ0v) is 17.0.